The first-order valence-electron chi connectivity index (χ1n) is 13.5. The summed E-state index contributed by atoms with van der Waals surface area (Å²) in [5.74, 6) is -0.778. The number of hydrogen-bond donors (Lipinski definition) is 4. The van der Waals surface area contributed by atoms with Gasteiger partial charge in [0, 0.05) is 43.5 Å². The molecule has 1 aromatic heterocycles. The molecule has 0 bridgehead atoms. The molecule has 40 heavy (non-hydrogen) atoms. The van der Waals surface area contributed by atoms with Gasteiger partial charge in [-0.15, -0.1) is 10.2 Å². The van der Waals surface area contributed by atoms with Crippen molar-refractivity contribution in [1.82, 2.24) is 30.3 Å². The number of anilines is 3. The highest BCUT2D eigenvalue weighted by Crippen LogP contribution is 2.26. The number of primary amides is 1. The Balaban J connectivity index is 1.30. The number of ether oxygens (including phenoxy) is 1. The summed E-state index contributed by atoms with van der Waals surface area (Å²) in [6.45, 7) is 3.91. The number of nitrogens with zero attached hydrogens (tertiary/aromatic N) is 5. The van der Waals surface area contributed by atoms with Crippen molar-refractivity contribution in [1.29, 1.82) is 0 Å². The second-order valence-electron chi connectivity index (χ2n) is 10.4. The molecule has 1 aliphatic carbocycles. The molecule has 0 radical (unpaired) electrons. The minimum Gasteiger partial charge on any atom is -0.378 e. The predicted octanol–water partition coefficient (Wildman–Crippen LogP) is 0.550. The summed E-state index contributed by atoms with van der Waals surface area (Å²) < 4.78 is 5.32. The van der Waals surface area contributed by atoms with Crippen LogP contribution in [0.5, 0.6) is 0 Å². The Morgan fingerprint density at radius 2 is 1.95 bits per heavy atom. The molecule has 2 aromatic rings. The van der Waals surface area contributed by atoms with Crippen LogP contribution < -0.4 is 21.7 Å². The number of rotatable bonds is 11. The van der Waals surface area contributed by atoms with Gasteiger partial charge < -0.3 is 31.3 Å². The Morgan fingerprint density at radius 1 is 1.20 bits per heavy atom. The van der Waals surface area contributed by atoms with Gasteiger partial charge in [0.15, 0.2) is 17.3 Å². The van der Waals surface area contributed by atoms with Crippen LogP contribution in [-0.2, 0) is 9.53 Å². The van der Waals surface area contributed by atoms with E-state index >= 15 is 0 Å². The SMILES string of the molecule is CN(C/C=C/C(=O)[C@@]1(Nc2nnc(C(N)=O)c(Nc3ccc(C(=O)N4CCOCC4)cc3)n2)CCNC1)C1CC1. The molecule has 3 fully saturated rings. The van der Waals surface area contributed by atoms with E-state index < -0.39 is 11.4 Å². The van der Waals surface area contributed by atoms with Crippen LogP contribution in [0.1, 0.15) is 40.1 Å². The molecule has 1 saturated carbocycles. The van der Waals surface area contributed by atoms with Gasteiger partial charge >= 0.3 is 0 Å². The lowest BCUT2D eigenvalue weighted by atomic mass is 9.92. The van der Waals surface area contributed by atoms with Crippen LogP contribution in [0.25, 0.3) is 0 Å². The monoisotopic (exact) mass is 549 g/mol. The standard InChI is InChI=1S/C27H35N9O4/c1-35(20-8-9-20)12-2-3-21(37)27(10-11-29-17-27)32-26-31-24(22(23(28)38)33-34-26)30-19-6-4-18(5-7-19)25(39)36-13-15-40-16-14-36/h2-7,20,29H,8-17H2,1H3,(H2,28,38)(H2,30,31,32,34)/b3-2+/t27-/m1/s1. The number of nitrogens with one attached hydrogen (secondary N) is 3. The van der Waals surface area contributed by atoms with Crippen LogP contribution in [0.15, 0.2) is 36.4 Å². The van der Waals surface area contributed by atoms with Gasteiger partial charge in [-0.2, -0.15) is 4.98 Å². The van der Waals surface area contributed by atoms with Crippen molar-refractivity contribution in [3.05, 3.63) is 47.7 Å². The molecule has 0 spiro atoms. The van der Waals surface area contributed by atoms with Gasteiger partial charge in [-0.05, 0) is 63.2 Å². The fraction of sp³-hybridized carbons (Fsp3) is 0.481. The molecule has 2 saturated heterocycles. The van der Waals surface area contributed by atoms with Gasteiger partial charge in [-0.3, -0.25) is 19.3 Å². The van der Waals surface area contributed by atoms with Crippen molar-refractivity contribution in [2.24, 2.45) is 5.73 Å². The summed E-state index contributed by atoms with van der Waals surface area (Å²) in [6.07, 6.45) is 6.44. The van der Waals surface area contributed by atoms with E-state index in [1.165, 1.54) is 12.8 Å². The van der Waals surface area contributed by atoms with Crippen molar-refractivity contribution >= 4 is 35.1 Å². The molecule has 5 rings (SSSR count). The molecule has 13 heteroatoms. The zero-order valence-corrected chi connectivity index (χ0v) is 22.6. The number of nitrogens with two attached hydrogens (primary N) is 1. The molecular weight excluding hydrogens is 514 g/mol. The molecule has 212 valence electrons. The van der Waals surface area contributed by atoms with Gasteiger partial charge in [0.05, 0.1) is 13.2 Å². The Kier molecular flexibility index (Phi) is 8.33. The summed E-state index contributed by atoms with van der Waals surface area (Å²) in [4.78, 5) is 46.5. The molecule has 2 aliphatic heterocycles. The number of aromatic nitrogens is 3. The van der Waals surface area contributed by atoms with E-state index in [9.17, 15) is 14.4 Å². The van der Waals surface area contributed by atoms with Crippen LogP contribution in [0, 0.1) is 0 Å². The lowest BCUT2D eigenvalue weighted by Gasteiger charge is -2.27. The van der Waals surface area contributed by atoms with Crippen molar-refractivity contribution in [3.8, 4) is 0 Å². The van der Waals surface area contributed by atoms with E-state index in [0.717, 1.165) is 0 Å². The van der Waals surface area contributed by atoms with E-state index in [1.54, 1.807) is 35.2 Å². The van der Waals surface area contributed by atoms with Crippen LogP contribution in [0.2, 0.25) is 0 Å². The predicted molar refractivity (Wildman–Crippen MR) is 148 cm³/mol. The van der Waals surface area contributed by atoms with E-state index in [2.05, 4.69) is 43.1 Å². The lowest BCUT2D eigenvalue weighted by Crippen LogP contribution is -2.48. The molecule has 1 aromatic carbocycles. The highest BCUT2D eigenvalue weighted by Gasteiger charge is 2.40. The fourth-order valence-electron chi connectivity index (χ4n) is 4.85. The largest absolute Gasteiger partial charge is 0.378 e. The van der Waals surface area contributed by atoms with Gasteiger partial charge in [0.25, 0.3) is 11.8 Å². The van der Waals surface area contributed by atoms with Crippen LogP contribution in [0.4, 0.5) is 17.5 Å². The number of likely N-dealkylation sites (N-methyl/N-ethyl adjacent to an activating group) is 1. The van der Waals surface area contributed by atoms with Gasteiger partial charge in [0.1, 0.15) is 5.54 Å². The van der Waals surface area contributed by atoms with Gasteiger partial charge in [-0.25, -0.2) is 0 Å². The number of carbonyl (C=O) groups excluding carboxylic acids is 3. The average molecular weight is 550 g/mol. The fourth-order valence-corrected chi connectivity index (χ4v) is 4.85. The Morgan fingerprint density at radius 3 is 2.60 bits per heavy atom. The summed E-state index contributed by atoms with van der Waals surface area (Å²) in [5.41, 5.74) is 5.55. The molecule has 0 unspecified atom stereocenters. The van der Waals surface area contributed by atoms with Crippen molar-refractivity contribution < 1.29 is 19.1 Å². The van der Waals surface area contributed by atoms with Crippen LogP contribution in [0.3, 0.4) is 0 Å². The number of carbonyl (C=O) groups is 3. The zero-order chi connectivity index (χ0) is 28.1. The first-order valence-corrected chi connectivity index (χ1v) is 13.5. The highest BCUT2D eigenvalue weighted by molar-refractivity contribution is 6.01. The maximum absolute atomic E-state index is 13.3. The molecule has 1 atom stereocenters. The first-order chi connectivity index (χ1) is 19.3. The number of benzene rings is 1. The van der Waals surface area contributed by atoms with Gasteiger partial charge in [0.2, 0.25) is 5.95 Å². The summed E-state index contributed by atoms with van der Waals surface area (Å²) >= 11 is 0. The van der Waals surface area contributed by atoms with Crippen LogP contribution in [-0.4, -0.2) is 107 Å². The average Bonchev–Trinajstić information content (AvgIpc) is 3.72. The van der Waals surface area contributed by atoms with Crippen molar-refractivity contribution in [3.63, 3.8) is 0 Å². The van der Waals surface area contributed by atoms with E-state index in [0.29, 0.717) is 69.7 Å². The first kappa shape index (κ1) is 27.6. The summed E-state index contributed by atoms with van der Waals surface area (Å²) in [6, 6.07) is 7.42. The smallest absolute Gasteiger partial charge is 0.273 e. The van der Waals surface area contributed by atoms with E-state index in [4.69, 9.17) is 10.5 Å². The molecule has 2 amide bonds. The third-order valence-electron chi connectivity index (χ3n) is 7.42. The van der Waals surface area contributed by atoms with Crippen LogP contribution >= 0.6 is 0 Å². The Hall–Kier alpha value is -3.94. The Bertz CT molecular complexity index is 1270. The highest BCUT2D eigenvalue weighted by atomic mass is 16.5. The number of hydrogen-bond acceptors (Lipinski definition) is 11. The Labute approximate surface area is 232 Å². The lowest BCUT2D eigenvalue weighted by molar-refractivity contribution is -0.118. The topological polar surface area (TPSA) is 168 Å². The van der Waals surface area contributed by atoms with E-state index in [1.807, 2.05) is 6.08 Å². The minimum atomic E-state index is -0.941. The maximum atomic E-state index is 13.3. The van der Waals surface area contributed by atoms with Crippen molar-refractivity contribution in [2.45, 2.75) is 30.8 Å². The minimum absolute atomic E-state index is 0.0729. The third-order valence-corrected chi connectivity index (χ3v) is 7.42. The normalized spacial score (nSPS) is 21.1. The van der Waals surface area contributed by atoms with Gasteiger partial charge in [-0.1, -0.05) is 6.08 Å². The van der Waals surface area contributed by atoms with E-state index in [-0.39, 0.29) is 29.2 Å². The molecule has 3 aliphatic rings. The molecule has 3 heterocycles. The maximum Gasteiger partial charge on any atom is 0.273 e. The number of ketones is 1. The number of morpholine rings is 1. The molecule has 13 nitrogen and oxygen atoms in total. The molecular formula is C27H35N9O4. The zero-order valence-electron chi connectivity index (χ0n) is 22.6. The third kappa shape index (κ3) is 6.43. The van der Waals surface area contributed by atoms with Crippen molar-refractivity contribution in [2.75, 3.05) is 63.6 Å². The quantitative estimate of drug-likeness (QED) is 0.289. The second kappa shape index (κ2) is 12.1. The second-order valence-corrected chi connectivity index (χ2v) is 10.4. The number of amides is 2. The molecule has 5 N–H and O–H groups in total. The summed E-state index contributed by atoms with van der Waals surface area (Å²) in [5, 5.41) is 17.5. The summed E-state index contributed by atoms with van der Waals surface area (Å²) in [7, 11) is 2.06.